The zero-order valence-electron chi connectivity index (χ0n) is 10.3. The van der Waals surface area contributed by atoms with Gasteiger partial charge in [0.25, 0.3) is 0 Å². The normalized spacial score (nSPS) is 17.1. The highest BCUT2D eigenvalue weighted by atomic mass is 16.1. The van der Waals surface area contributed by atoms with Gasteiger partial charge in [0, 0.05) is 19.4 Å². The van der Waals surface area contributed by atoms with Crippen LogP contribution in [0.3, 0.4) is 0 Å². The number of nitrogens with one attached hydrogen (secondary N) is 1. The second-order valence-electron chi connectivity index (χ2n) is 4.84. The van der Waals surface area contributed by atoms with E-state index in [0.29, 0.717) is 19.4 Å². The minimum Gasteiger partial charge on any atom is -0.356 e. The highest BCUT2D eigenvalue weighted by Gasteiger charge is 2.14. The SMILES string of the molecule is CC(=O)CCNC(=O)CCC1CCCCC1. The smallest absolute Gasteiger partial charge is 0.220 e. The average Bonchev–Trinajstić information content (AvgIpc) is 2.27. The molecule has 1 amide bonds. The first-order valence-corrected chi connectivity index (χ1v) is 6.44. The van der Waals surface area contributed by atoms with Gasteiger partial charge in [0.1, 0.15) is 5.78 Å². The zero-order valence-corrected chi connectivity index (χ0v) is 10.3. The first kappa shape index (κ1) is 13.2. The molecule has 1 N–H and O–H groups in total. The molecule has 0 aromatic rings. The Labute approximate surface area is 98.0 Å². The van der Waals surface area contributed by atoms with Crippen molar-refractivity contribution in [2.75, 3.05) is 6.54 Å². The van der Waals surface area contributed by atoms with Gasteiger partial charge in [0.2, 0.25) is 5.91 Å². The Morgan fingerprint density at radius 1 is 1.12 bits per heavy atom. The van der Waals surface area contributed by atoms with E-state index in [1.807, 2.05) is 0 Å². The van der Waals surface area contributed by atoms with Crippen molar-refractivity contribution >= 4 is 11.7 Å². The standard InChI is InChI=1S/C13H23NO2/c1-11(15)9-10-14-13(16)8-7-12-5-3-2-4-6-12/h12H,2-10H2,1H3,(H,14,16). The van der Waals surface area contributed by atoms with E-state index in [9.17, 15) is 9.59 Å². The molecule has 0 heterocycles. The van der Waals surface area contributed by atoms with Gasteiger partial charge in [0.05, 0.1) is 0 Å². The van der Waals surface area contributed by atoms with Crippen LogP contribution in [0.4, 0.5) is 0 Å². The van der Waals surface area contributed by atoms with E-state index in [4.69, 9.17) is 0 Å². The van der Waals surface area contributed by atoms with Crippen LogP contribution < -0.4 is 5.32 Å². The van der Waals surface area contributed by atoms with Crippen LogP contribution in [0.5, 0.6) is 0 Å². The summed E-state index contributed by atoms with van der Waals surface area (Å²) in [5.41, 5.74) is 0. The molecule has 16 heavy (non-hydrogen) atoms. The van der Waals surface area contributed by atoms with Crippen molar-refractivity contribution < 1.29 is 9.59 Å². The summed E-state index contributed by atoms with van der Waals surface area (Å²) in [5.74, 6) is 0.992. The van der Waals surface area contributed by atoms with Crippen LogP contribution >= 0.6 is 0 Å². The topological polar surface area (TPSA) is 46.2 Å². The predicted octanol–water partition coefficient (Wildman–Crippen LogP) is 2.44. The molecule has 1 aliphatic carbocycles. The number of Topliss-reactive ketones (excluding diaryl/α,β-unsaturated/α-hetero) is 1. The fourth-order valence-corrected chi connectivity index (χ4v) is 2.28. The Morgan fingerprint density at radius 2 is 1.81 bits per heavy atom. The van der Waals surface area contributed by atoms with Gasteiger partial charge in [-0.15, -0.1) is 0 Å². The van der Waals surface area contributed by atoms with Crippen LogP contribution in [-0.2, 0) is 9.59 Å². The maximum atomic E-state index is 11.4. The molecular weight excluding hydrogens is 202 g/mol. The van der Waals surface area contributed by atoms with Crippen molar-refractivity contribution in [3.8, 4) is 0 Å². The van der Waals surface area contributed by atoms with Crippen LogP contribution in [0.1, 0.15) is 58.3 Å². The molecular formula is C13H23NO2. The Kier molecular flexibility index (Phi) is 6.12. The third kappa shape index (κ3) is 5.89. The number of amides is 1. The fourth-order valence-electron chi connectivity index (χ4n) is 2.28. The molecule has 0 spiro atoms. The Bertz CT molecular complexity index is 232. The second kappa shape index (κ2) is 7.42. The monoisotopic (exact) mass is 225 g/mol. The molecule has 0 aromatic carbocycles. The summed E-state index contributed by atoms with van der Waals surface area (Å²) < 4.78 is 0. The van der Waals surface area contributed by atoms with Gasteiger partial charge in [-0.2, -0.15) is 0 Å². The lowest BCUT2D eigenvalue weighted by Gasteiger charge is -2.20. The average molecular weight is 225 g/mol. The molecule has 0 unspecified atom stereocenters. The highest BCUT2D eigenvalue weighted by molar-refractivity contribution is 5.78. The van der Waals surface area contributed by atoms with Crippen molar-refractivity contribution in [3.63, 3.8) is 0 Å². The predicted molar refractivity (Wildman–Crippen MR) is 64.1 cm³/mol. The van der Waals surface area contributed by atoms with Gasteiger partial charge in [-0.1, -0.05) is 32.1 Å². The second-order valence-corrected chi connectivity index (χ2v) is 4.84. The summed E-state index contributed by atoms with van der Waals surface area (Å²) in [6, 6.07) is 0. The summed E-state index contributed by atoms with van der Waals surface area (Å²) in [6.45, 7) is 2.05. The lowest BCUT2D eigenvalue weighted by atomic mass is 9.86. The summed E-state index contributed by atoms with van der Waals surface area (Å²) >= 11 is 0. The van der Waals surface area contributed by atoms with Gasteiger partial charge < -0.3 is 5.32 Å². The van der Waals surface area contributed by atoms with Crippen molar-refractivity contribution in [1.29, 1.82) is 0 Å². The van der Waals surface area contributed by atoms with Crippen molar-refractivity contribution in [1.82, 2.24) is 5.32 Å². The van der Waals surface area contributed by atoms with Gasteiger partial charge >= 0.3 is 0 Å². The van der Waals surface area contributed by atoms with Crippen molar-refractivity contribution in [3.05, 3.63) is 0 Å². The lowest BCUT2D eigenvalue weighted by molar-refractivity contribution is -0.121. The molecule has 1 fully saturated rings. The molecule has 0 aliphatic heterocycles. The third-order valence-corrected chi connectivity index (χ3v) is 3.30. The first-order valence-electron chi connectivity index (χ1n) is 6.44. The van der Waals surface area contributed by atoms with Crippen molar-refractivity contribution in [2.45, 2.75) is 58.3 Å². The molecule has 0 radical (unpaired) electrons. The molecule has 0 bridgehead atoms. The van der Waals surface area contributed by atoms with E-state index >= 15 is 0 Å². The minimum absolute atomic E-state index is 0.104. The zero-order chi connectivity index (χ0) is 11.8. The third-order valence-electron chi connectivity index (χ3n) is 3.30. The molecule has 1 rings (SSSR count). The van der Waals surface area contributed by atoms with Gasteiger partial charge in [-0.25, -0.2) is 0 Å². The molecule has 1 aliphatic rings. The van der Waals surface area contributed by atoms with E-state index < -0.39 is 0 Å². The van der Waals surface area contributed by atoms with Gasteiger partial charge in [-0.3, -0.25) is 9.59 Å². The van der Waals surface area contributed by atoms with Gasteiger partial charge in [-0.05, 0) is 19.3 Å². The molecule has 92 valence electrons. The summed E-state index contributed by atoms with van der Waals surface area (Å²) in [5, 5.41) is 2.79. The van der Waals surface area contributed by atoms with Crippen LogP contribution in [0.2, 0.25) is 0 Å². The maximum absolute atomic E-state index is 11.4. The van der Waals surface area contributed by atoms with Crippen LogP contribution in [0.15, 0.2) is 0 Å². The number of hydrogen-bond acceptors (Lipinski definition) is 2. The van der Waals surface area contributed by atoms with E-state index in [1.165, 1.54) is 32.1 Å². The van der Waals surface area contributed by atoms with E-state index in [2.05, 4.69) is 5.32 Å². The Balaban J connectivity index is 2.02. The van der Waals surface area contributed by atoms with Crippen LogP contribution in [0, 0.1) is 5.92 Å². The van der Waals surface area contributed by atoms with Crippen LogP contribution in [0.25, 0.3) is 0 Å². The summed E-state index contributed by atoms with van der Waals surface area (Å²) in [4.78, 5) is 22.1. The molecule has 0 saturated heterocycles. The summed E-state index contributed by atoms with van der Waals surface area (Å²) in [6.07, 6.45) is 8.71. The molecule has 0 atom stereocenters. The van der Waals surface area contributed by atoms with Crippen molar-refractivity contribution in [2.24, 2.45) is 5.92 Å². The quantitative estimate of drug-likeness (QED) is 0.754. The molecule has 1 saturated carbocycles. The number of ketones is 1. The highest BCUT2D eigenvalue weighted by Crippen LogP contribution is 2.27. The lowest BCUT2D eigenvalue weighted by Crippen LogP contribution is -2.26. The van der Waals surface area contributed by atoms with Gasteiger partial charge in [0.15, 0.2) is 0 Å². The molecule has 0 aromatic heterocycles. The first-order chi connectivity index (χ1) is 7.68. The number of hydrogen-bond donors (Lipinski definition) is 1. The Hall–Kier alpha value is -0.860. The molecule has 3 nitrogen and oxygen atoms in total. The Morgan fingerprint density at radius 3 is 2.44 bits per heavy atom. The largest absolute Gasteiger partial charge is 0.356 e. The van der Waals surface area contributed by atoms with Crippen LogP contribution in [-0.4, -0.2) is 18.2 Å². The fraction of sp³-hybridized carbons (Fsp3) is 0.846. The minimum atomic E-state index is 0.104. The van der Waals surface area contributed by atoms with E-state index in [0.717, 1.165) is 12.3 Å². The number of rotatable bonds is 6. The summed E-state index contributed by atoms with van der Waals surface area (Å²) in [7, 11) is 0. The van der Waals surface area contributed by atoms with E-state index in [1.54, 1.807) is 6.92 Å². The maximum Gasteiger partial charge on any atom is 0.220 e. The molecule has 3 heteroatoms. The number of carbonyl (C=O) groups excluding carboxylic acids is 2. The van der Waals surface area contributed by atoms with E-state index in [-0.39, 0.29) is 11.7 Å². The number of carbonyl (C=O) groups is 2.